The zero-order valence-electron chi connectivity index (χ0n) is 13.4. The number of amides is 2. The maximum absolute atomic E-state index is 11.8. The second-order valence-corrected chi connectivity index (χ2v) is 6.63. The lowest BCUT2D eigenvalue weighted by Crippen LogP contribution is -2.53. The number of aliphatic carboxylic acids is 1. The van der Waals surface area contributed by atoms with Gasteiger partial charge in [0.1, 0.15) is 0 Å². The lowest BCUT2D eigenvalue weighted by Gasteiger charge is -2.28. The third-order valence-electron chi connectivity index (χ3n) is 2.58. The second-order valence-electron chi connectivity index (χ2n) is 6.63. The van der Waals surface area contributed by atoms with Gasteiger partial charge in [-0.05, 0) is 12.3 Å². The summed E-state index contributed by atoms with van der Waals surface area (Å²) in [6, 6.07) is 0. The number of hydrogen-bond acceptors (Lipinski definition) is 4. The molecular formula is C14H26N2O5. The molecule has 21 heavy (non-hydrogen) atoms. The summed E-state index contributed by atoms with van der Waals surface area (Å²) in [4.78, 5) is 34.3. The third-order valence-corrected chi connectivity index (χ3v) is 2.58. The highest BCUT2D eigenvalue weighted by Gasteiger charge is 2.29. The summed E-state index contributed by atoms with van der Waals surface area (Å²) in [6.07, 6.45) is 0.0489. The number of hydrogen-bond donors (Lipinski definition) is 3. The van der Waals surface area contributed by atoms with E-state index in [1.54, 1.807) is 6.92 Å². The van der Waals surface area contributed by atoms with Gasteiger partial charge in [0.2, 0.25) is 11.8 Å². The normalized spacial score (nSPS) is 14.1. The first kappa shape index (κ1) is 19.4. The molecule has 0 aliphatic heterocycles. The van der Waals surface area contributed by atoms with E-state index in [1.807, 2.05) is 20.8 Å². The Bertz CT molecular complexity index is 389. The average Bonchev–Trinajstić information content (AvgIpc) is 2.22. The highest BCUT2D eigenvalue weighted by Crippen LogP contribution is 2.17. The maximum Gasteiger partial charge on any atom is 0.305 e. The lowest BCUT2D eigenvalue weighted by molar-refractivity contribution is -0.140. The van der Waals surface area contributed by atoms with Gasteiger partial charge in [0.25, 0.3) is 0 Å². The first-order chi connectivity index (χ1) is 9.47. The largest absolute Gasteiger partial charge is 0.481 e. The Kier molecular flexibility index (Phi) is 7.35. The van der Waals surface area contributed by atoms with Crippen LogP contribution < -0.4 is 10.6 Å². The lowest BCUT2D eigenvalue weighted by atomic mass is 9.92. The molecule has 0 aromatic heterocycles. The minimum absolute atomic E-state index is 0.0704. The van der Waals surface area contributed by atoms with Crippen LogP contribution in [0, 0.1) is 5.41 Å². The minimum Gasteiger partial charge on any atom is -0.481 e. The van der Waals surface area contributed by atoms with E-state index in [2.05, 4.69) is 10.6 Å². The molecule has 1 unspecified atom stereocenters. The molecule has 3 N–H and O–H groups in total. The summed E-state index contributed by atoms with van der Waals surface area (Å²) in [5, 5.41) is 14.0. The predicted molar refractivity (Wildman–Crippen MR) is 77.8 cm³/mol. The van der Waals surface area contributed by atoms with Crippen molar-refractivity contribution in [2.45, 2.75) is 46.1 Å². The van der Waals surface area contributed by atoms with Crippen LogP contribution in [0.25, 0.3) is 0 Å². The predicted octanol–water partition coefficient (Wildman–Crippen LogP) is 0.535. The molecule has 0 heterocycles. The van der Waals surface area contributed by atoms with Gasteiger partial charge in [-0.3, -0.25) is 14.4 Å². The van der Waals surface area contributed by atoms with Crippen LogP contribution in [-0.4, -0.2) is 48.7 Å². The van der Waals surface area contributed by atoms with E-state index < -0.39 is 17.4 Å². The number of carbonyl (C=O) groups is 3. The van der Waals surface area contributed by atoms with Crippen molar-refractivity contribution >= 4 is 17.8 Å². The van der Waals surface area contributed by atoms with Gasteiger partial charge in [-0.25, -0.2) is 0 Å². The fourth-order valence-corrected chi connectivity index (χ4v) is 1.89. The van der Waals surface area contributed by atoms with Gasteiger partial charge in [0.05, 0.1) is 25.1 Å². The van der Waals surface area contributed by atoms with Crippen molar-refractivity contribution in [3.05, 3.63) is 0 Å². The van der Waals surface area contributed by atoms with E-state index in [1.165, 1.54) is 7.11 Å². The number of carboxylic acid groups (broad SMARTS) is 1. The van der Waals surface area contributed by atoms with E-state index in [-0.39, 0.29) is 30.9 Å². The molecular weight excluding hydrogens is 276 g/mol. The van der Waals surface area contributed by atoms with Crippen LogP contribution in [0.4, 0.5) is 0 Å². The fourth-order valence-electron chi connectivity index (χ4n) is 1.89. The first-order valence-corrected chi connectivity index (χ1v) is 6.76. The fraction of sp³-hybridized carbons (Fsp3) is 0.786. The van der Waals surface area contributed by atoms with Gasteiger partial charge in [0, 0.05) is 13.5 Å². The van der Waals surface area contributed by atoms with Gasteiger partial charge in [-0.15, -0.1) is 0 Å². The Morgan fingerprint density at radius 1 is 1.05 bits per heavy atom. The molecule has 7 nitrogen and oxygen atoms in total. The van der Waals surface area contributed by atoms with Crippen molar-refractivity contribution in [3.63, 3.8) is 0 Å². The van der Waals surface area contributed by atoms with Gasteiger partial charge in [-0.1, -0.05) is 20.8 Å². The molecule has 0 radical (unpaired) electrons. The highest BCUT2D eigenvalue weighted by molar-refractivity contribution is 5.85. The van der Waals surface area contributed by atoms with Crippen LogP contribution >= 0.6 is 0 Å². The van der Waals surface area contributed by atoms with Crippen LogP contribution in [0.1, 0.15) is 40.5 Å². The molecule has 0 aliphatic rings. The number of rotatable bonds is 8. The highest BCUT2D eigenvalue weighted by atomic mass is 16.5. The van der Waals surface area contributed by atoms with Crippen LogP contribution in [0.3, 0.4) is 0 Å². The van der Waals surface area contributed by atoms with E-state index >= 15 is 0 Å². The Morgan fingerprint density at radius 3 is 2.05 bits per heavy atom. The van der Waals surface area contributed by atoms with Gasteiger partial charge < -0.3 is 20.5 Å². The Morgan fingerprint density at radius 2 is 1.62 bits per heavy atom. The van der Waals surface area contributed by atoms with Crippen molar-refractivity contribution in [3.8, 4) is 0 Å². The molecule has 0 fully saturated rings. The minimum atomic E-state index is -1.04. The number of carbonyl (C=O) groups excluding carboxylic acids is 2. The molecule has 0 saturated heterocycles. The second kappa shape index (κ2) is 7.97. The number of nitrogens with one attached hydrogen (secondary N) is 2. The SMILES string of the molecule is COCC(C)(CC(=O)O)NC(=O)CNC(=O)CC(C)(C)C. The summed E-state index contributed by atoms with van der Waals surface area (Å²) in [5.41, 5.74) is -1.17. The van der Waals surface area contributed by atoms with Crippen LogP contribution in [0.15, 0.2) is 0 Å². The quantitative estimate of drug-likeness (QED) is 0.607. The molecule has 0 saturated carbocycles. The number of carboxylic acids is 1. The molecule has 0 aromatic rings. The molecule has 0 rings (SSSR count). The zero-order valence-corrected chi connectivity index (χ0v) is 13.4. The maximum atomic E-state index is 11.8. The molecule has 122 valence electrons. The topological polar surface area (TPSA) is 105 Å². The molecule has 0 aliphatic carbocycles. The molecule has 1 atom stereocenters. The summed E-state index contributed by atoms with van der Waals surface area (Å²) in [6.45, 7) is 7.24. The van der Waals surface area contributed by atoms with E-state index in [9.17, 15) is 14.4 Å². The summed E-state index contributed by atoms with van der Waals surface area (Å²) >= 11 is 0. The summed E-state index contributed by atoms with van der Waals surface area (Å²) in [7, 11) is 1.43. The molecule has 7 heteroatoms. The Labute approximate surface area is 125 Å². The van der Waals surface area contributed by atoms with Crippen molar-refractivity contribution < 1.29 is 24.2 Å². The van der Waals surface area contributed by atoms with Crippen LogP contribution in [0.2, 0.25) is 0 Å². The van der Waals surface area contributed by atoms with Crippen molar-refractivity contribution in [1.82, 2.24) is 10.6 Å². The average molecular weight is 302 g/mol. The van der Waals surface area contributed by atoms with E-state index in [0.717, 1.165) is 0 Å². The smallest absolute Gasteiger partial charge is 0.305 e. The van der Waals surface area contributed by atoms with Crippen LogP contribution in [0.5, 0.6) is 0 Å². The monoisotopic (exact) mass is 302 g/mol. The van der Waals surface area contributed by atoms with Crippen LogP contribution in [-0.2, 0) is 19.1 Å². The van der Waals surface area contributed by atoms with Crippen molar-refractivity contribution in [2.75, 3.05) is 20.3 Å². The van der Waals surface area contributed by atoms with Crippen molar-refractivity contribution in [2.24, 2.45) is 5.41 Å². The zero-order chi connectivity index (χ0) is 16.7. The van der Waals surface area contributed by atoms with Gasteiger partial charge in [-0.2, -0.15) is 0 Å². The van der Waals surface area contributed by atoms with E-state index in [4.69, 9.17) is 9.84 Å². The number of methoxy groups -OCH3 is 1. The molecule has 0 spiro atoms. The Balaban J connectivity index is 4.39. The summed E-state index contributed by atoms with van der Waals surface area (Å²) in [5.74, 6) is -1.70. The summed E-state index contributed by atoms with van der Waals surface area (Å²) < 4.78 is 4.93. The van der Waals surface area contributed by atoms with Crippen molar-refractivity contribution in [1.29, 1.82) is 0 Å². The van der Waals surface area contributed by atoms with Gasteiger partial charge in [0.15, 0.2) is 0 Å². The molecule has 0 bridgehead atoms. The Hall–Kier alpha value is -1.63. The molecule has 0 aromatic carbocycles. The first-order valence-electron chi connectivity index (χ1n) is 6.76. The van der Waals surface area contributed by atoms with E-state index in [0.29, 0.717) is 6.42 Å². The molecule has 2 amide bonds. The third kappa shape index (κ3) is 9.84. The standard InChI is InChI=1S/C14H26N2O5/c1-13(2,3)6-10(17)15-8-11(18)16-14(4,9-21-5)7-12(19)20/h6-9H2,1-5H3,(H,15,17)(H,16,18)(H,19,20). The van der Waals surface area contributed by atoms with Gasteiger partial charge >= 0.3 is 5.97 Å². The number of ether oxygens (including phenoxy) is 1.